The number of aldehydes is 2. The number of unbranched alkanes of at least 4 members (excludes halogenated alkanes) is 7. The molecule has 0 atom stereocenters. The quantitative estimate of drug-likeness (QED) is 0.190. The lowest BCUT2D eigenvalue weighted by atomic mass is 10.0. The van der Waals surface area contributed by atoms with Crippen molar-refractivity contribution in [3.05, 3.63) is 23.8 Å². The van der Waals surface area contributed by atoms with E-state index >= 15 is 0 Å². The lowest BCUT2D eigenvalue weighted by Crippen LogP contribution is -1.88. The topological polar surface area (TPSA) is 34.1 Å². The van der Waals surface area contributed by atoms with Gasteiger partial charge in [0.2, 0.25) is 0 Å². The molecular formula is C18H30O2. The molecule has 2 nitrogen and oxygen atoms in total. The maximum Gasteiger partial charge on any atom is 0.142 e. The Bertz CT molecular complexity index is 290. The van der Waals surface area contributed by atoms with Crippen molar-refractivity contribution in [2.24, 2.45) is 0 Å². The lowest BCUT2D eigenvalue weighted by Gasteiger charge is -2.04. The van der Waals surface area contributed by atoms with E-state index in [9.17, 15) is 9.59 Å². The van der Waals surface area contributed by atoms with Gasteiger partial charge < -0.3 is 4.79 Å². The van der Waals surface area contributed by atoms with Crippen molar-refractivity contribution in [3.63, 3.8) is 0 Å². The predicted molar refractivity (Wildman–Crippen MR) is 85.8 cm³/mol. The first-order valence-corrected chi connectivity index (χ1v) is 8.07. The first-order chi connectivity index (χ1) is 9.85. The van der Waals surface area contributed by atoms with Crippen LogP contribution in [0, 0.1) is 0 Å². The van der Waals surface area contributed by atoms with Gasteiger partial charge in [-0.15, -0.1) is 0 Å². The zero-order valence-corrected chi connectivity index (χ0v) is 13.0. The van der Waals surface area contributed by atoms with Crippen LogP contribution in [0.15, 0.2) is 23.8 Å². The molecule has 0 saturated carbocycles. The monoisotopic (exact) mass is 278 g/mol. The Morgan fingerprint density at radius 1 is 0.900 bits per heavy atom. The van der Waals surface area contributed by atoms with Gasteiger partial charge in [0.25, 0.3) is 0 Å². The second-order valence-electron chi connectivity index (χ2n) is 5.25. The summed E-state index contributed by atoms with van der Waals surface area (Å²) in [7, 11) is 0. The molecule has 0 rings (SSSR count). The minimum Gasteiger partial charge on any atom is -0.303 e. The van der Waals surface area contributed by atoms with E-state index < -0.39 is 0 Å². The highest BCUT2D eigenvalue weighted by Crippen LogP contribution is 2.15. The molecule has 0 aliphatic carbocycles. The van der Waals surface area contributed by atoms with Gasteiger partial charge in [-0.05, 0) is 44.6 Å². The molecule has 0 amide bonds. The molecule has 0 unspecified atom stereocenters. The fraction of sp³-hybridized carbons (Fsp3) is 0.667. The minimum atomic E-state index is 0.605. The Morgan fingerprint density at radius 3 is 2.35 bits per heavy atom. The van der Waals surface area contributed by atoms with Gasteiger partial charge >= 0.3 is 0 Å². The molecule has 114 valence electrons. The van der Waals surface area contributed by atoms with Crippen LogP contribution in [0.1, 0.15) is 77.6 Å². The van der Waals surface area contributed by atoms with Crippen LogP contribution < -0.4 is 0 Å². The molecular weight excluding hydrogens is 248 g/mol. The number of rotatable bonds is 14. The van der Waals surface area contributed by atoms with Gasteiger partial charge in [0, 0.05) is 6.42 Å². The molecule has 0 fully saturated rings. The summed E-state index contributed by atoms with van der Waals surface area (Å²) in [6.07, 6.45) is 19.9. The predicted octanol–water partition coefficient (Wildman–Crippen LogP) is 5.18. The second kappa shape index (κ2) is 15.9. The third kappa shape index (κ3) is 13.3. The van der Waals surface area contributed by atoms with Crippen LogP contribution in [0.3, 0.4) is 0 Å². The highest BCUT2D eigenvalue weighted by atomic mass is 16.1. The maximum atomic E-state index is 10.7. The summed E-state index contributed by atoms with van der Waals surface area (Å²) in [5.74, 6) is 0. The molecule has 0 aliphatic heterocycles. The Balaban J connectivity index is 3.66. The lowest BCUT2D eigenvalue weighted by molar-refractivity contribution is -0.107. The molecule has 0 heterocycles. The Morgan fingerprint density at radius 2 is 1.65 bits per heavy atom. The summed E-state index contributed by atoms with van der Waals surface area (Å²) in [5.41, 5.74) is 1.32. The Hall–Kier alpha value is -1.18. The molecule has 0 aromatic rings. The van der Waals surface area contributed by atoms with Crippen LogP contribution in [-0.2, 0) is 9.59 Å². The number of hydrogen-bond acceptors (Lipinski definition) is 2. The maximum absolute atomic E-state index is 10.7. The van der Waals surface area contributed by atoms with Gasteiger partial charge in [0.15, 0.2) is 0 Å². The normalized spacial score (nSPS) is 11.9. The summed E-state index contributed by atoms with van der Waals surface area (Å²) < 4.78 is 0. The van der Waals surface area contributed by atoms with E-state index in [-0.39, 0.29) is 0 Å². The van der Waals surface area contributed by atoms with Crippen molar-refractivity contribution in [1.29, 1.82) is 0 Å². The van der Waals surface area contributed by atoms with Crippen LogP contribution in [0.2, 0.25) is 0 Å². The summed E-state index contributed by atoms with van der Waals surface area (Å²) >= 11 is 0. The molecule has 20 heavy (non-hydrogen) atoms. The average Bonchev–Trinajstić information content (AvgIpc) is 2.46. The summed E-state index contributed by atoms with van der Waals surface area (Å²) in [4.78, 5) is 20.7. The highest BCUT2D eigenvalue weighted by molar-refractivity contribution is 5.64. The van der Waals surface area contributed by atoms with Crippen LogP contribution in [-0.4, -0.2) is 12.6 Å². The first-order valence-electron chi connectivity index (χ1n) is 8.07. The average molecular weight is 278 g/mol. The first kappa shape index (κ1) is 18.8. The number of carbonyl (C=O) groups excluding carboxylic acids is 2. The SMILES string of the molecule is CCCCC/C=C(/CC=O)CCCCCC/C=C\C=O. The van der Waals surface area contributed by atoms with Crippen molar-refractivity contribution in [2.45, 2.75) is 77.6 Å². The van der Waals surface area contributed by atoms with Crippen LogP contribution >= 0.6 is 0 Å². The van der Waals surface area contributed by atoms with E-state index in [1.165, 1.54) is 44.1 Å². The second-order valence-corrected chi connectivity index (χ2v) is 5.25. The largest absolute Gasteiger partial charge is 0.303 e. The molecule has 0 bridgehead atoms. The summed E-state index contributed by atoms with van der Waals surface area (Å²) in [6.45, 7) is 2.21. The summed E-state index contributed by atoms with van der Waals surface area (Å²) in [5, 5.41) is 0. The zero-order valence-electron chi connectivity index (χ0n) is 13.0. The van der Waals surface area contributed by atoms with Crippen LogP contribution in [0.4, 0.5) is 0 Å². The van der Waals surface area contributed by atoms with E-state index in [1.807, 2.05) is 6.08 Å². The van der Waals surface area contributed by atoms with E-state index in [1.54, 1.807) is 6.08 Å². The van der Waals surface area contributed by atoms with Crippen LogP contribution in [0.5, 0.6) is 0 Å². The van der Waals surface area contributed by atoms with E-state index in [0.717, 1.165) is 38.3 Å². The fourth-order valence-corrected chi connectivity index (χ4v) is 2.21. The van der Waals surface area contributed by atoms with Gasteiger partial charge in [0.1, 0.15) is 12.6 Å². The minimum absolute atomic E-state index is 0.605. The zero-order chi connectivity index (χ0) is 14.9. The molecule has 2 heteroatoms. The highest BCUT2D eigenvalue weighted by Gasteiger charge is 1.97. The van der Waals surface area contributed by atoms with Gasteiger partial charge in [0.05, 0.1) is 0 Å². The van der Waals surface area contributed by atoms with Crippen molar-refractivity contribution in [1.82, 2.24) is 0 Å². The number of carbonyl (C=O) groups is 2. The molecule has 0 saturated heterocycles. The standard InChI is InChI=1S/C18H30O2/c1-2-3-4-10-13-18(15-17-20)14-11-8-6-5-7-9-12-16-19/h9,12-13,16-17H,2-8,10-11,14-15H2,1H3/b12-9-,18-13+. The van der Waals surface area contributed by atoms with E-state index in [0.29, 0.717) is 6.42 Å². The van der Waals surface area contributed by atoms with Crippen molar-refractivity contribution in [2.75, 3.05) is 0 Å². The Kier molecular flexibility index (Phi) is 14.9. The van der Waals surface area contributed by atoms with Crippen molar-refractivity contribution < 1.29 is 9.59 Å². The third-order valence-corrected chi connectivity index (χ3v) is 3.42. The Labute approximate surface area is 124 Å². The smallest absolute Gasteiger partial charge is 0.142 e. The van der Waals surface area contributed by atoms with Crippen molar-refractivity contribution in [3.8, 4) is 0 Å². The number of hydrogen-bond donors (Lipinski definition) is 0. The molecule has 0 spiro atoms. The van der Waals surface area contributed by atoms with Gasteiger partial charge in [-0.2, -0.15) is 0 Å². The van der Waals surface area contributed by atoms with Gasteiger partial charge in [-0.3, -0.25) is 4.79 Å². The molecule has 0 N–H and O–H groups in total. The van der Waals surface area contributed by atoms with Gasteiger partial charge in [-0.25, -0.2) is 0 Å². The van der Waals surface area contributed by atoms with Crippen LogP contribution in [0.25, 0.3) is 0 Å². The molecule has 0 aromatic heterocycles. The fourth-order valence-electron chi connectivity index (χ4n) is 2.21. The molecule has 0 radical (unpaired) electrons. The third-order valence-electron chi connectivity index (χ3n) is 3.42. The molecule has 0 aromatic carbocycles. The molecule has 0 aliphatic rings. The van der Waals surface area contributed by atoms with E-state index in [2.05, 4.69) is 13.0 Å². The van der Waals surface area contributed by atoms with Gasteiger partial charge in [-0.1, -0.05) is 50.3 Å². The summed E-state index contributed by atoms with van der Waals surface area (Å²) in [6, 6.07) is 0. The number of allylic oxidation sites excluding steroid dienone is 4. The van der Waals surface area contributed by atoms with Crippen molar-refractivity contribution >= 4 is 12.6 Å². The van der Waals surface area contributed by atoms with E-state index in [4.69, 9.17) is 0 Å².